The fourth-order valence-corrected chi connectivity index (χ4v) is 7.58. The zero-order valence-corrected chi connectivity index (χ0v) is 23.5. The van der Waals surface area contributed by atoms with Crippen molar-refractivity contribution in [2.75, 3.05) is 40.3 Å². The minimum atomic E-state index is -5.12. The van der Waals surface area contributed by atoms with Gasteiger partial charge in [0.15, 0.2) is 0 Å². The highest BCUT2D eigenvalue weighted by molar-refractivity contribution is 7.82. The molecule has 1 aliphatic carbocycles. The Labute approximate surface area is 234 Å². The molecule has 2 aliphatic heterocycles. The Bertz CT molecular complexity index is 1240. The lowest BCUT2D eigenvalue weighted by Crippen LogP contribution is -2.71. The number of nitrogens with zero attached hydrogens (tertiary/aromatic N) is 3. The first-order valence-electron chi connectivity index (χ1n) is 13.1. The largest absolute Gasteiger partial charge is 0.430 e. The van der Waals surface area contributed by atoms with Gasteiger partial charge in [0, 0.05) is 30.1 Å². The van der Waals surface area contributed by atoms with E-state index in [2.05, 4.69) is 4.90 Å². The number of carbonyl (C=O) groups excluding carboxylic acids is 1. The van der Waals surface area contributed by atoms with E-state index < -0.39 is 34.2 Å². The molecule has 2 heterocycles. The van der Waals surface area contributed by atoms with Gasteiger partial charge in [-0.1, -0.05) is 48.0 Å². The van der Waals surface area contributed by atoms with Crippen molar-refractivity contribution in [1.82, 2.24) is 14.1 Å². The molecule has 6 nitrogen and oxygen atoms in total. The first-order valence-corrected chi connectivity index (χ1v) is 14.6. The molecular weight excluding hydrogens is 551 g/mol. The van der Waals surface area contributed by atoms with Crippen LogP contribution in [-0.4, -0.2) is 81.8 Å². The Kier molecular flexibility index (Phi) is 7.65. The number of aliphatic hydroxyl groups is 1. The van der Waals surface area contributed by atoms with Crippen molar-refractivity contribution in [3.8, 4) is 0 Å². The molecule has 3 aliphatic rings. The maximum absolute atomic E-state index is 13.9. The van der Waals surface area contributed by atoms with E-state index in [0.717, 1.165) is 61.4 Å². The number of likely N-dealkylation sites (tertiary alicyclic amines) is 2. The molecule has 0 bridgehead atoms. The van der Waals surface area contributed by atoms with Gasteiger partial charge in [0.1, 0.15) is 11.0 Å². The van der Waals surface area contributed by atoms with Gasteiger partial charge in [-0.2, -0.15) is 13.2 Å². The van der Waals surface area contributed by atoms with Crippen molar-refractivity contribution in [2.45, 2.75) is 54.3 Å². The summed E-state index contributed by atoms with van der Waals surface area (Å²) in [6, 6.07) is 12.7. The highest BCUT2D eigenvalue weighted by atomic mass is 35.5. The molecule has 2 atom stereocenters. The van der Waals surface area contributed by atoms with Crippen molar-refractivity contribution in [2.24, 2.45) is 5.41 Å². The lowest BCUT2D eigenvalue weighted by atomic mass is 9.59. The number of hydrogen-bond acceptors (Lipinski definition) is 4. The van der Waals surface area contributed by atoms with E-state index in [1.165, 1.54) is 12.1 Å². The topological polar surface area (TPSA) is 64.1 Å². The van der Waals surface area contributed by atoms with Crippen LogP contribution in [0, 0.1) is 5.41 Å². The maximum Gasteiger partial charge on any atom is 0.430 e. The number of amides is 1. The molecule has 1 spiro atoms. The highest BCUT2D eigenvalue weighted by Gasteiger charge is 2.65. The first kappa shape index (κ1) is 28.5. The standard InChI is InChI=1S/C28H33ClF3N3O3S/c1-33(2)39(38)24-9-8-20(14-23(24)29)19-10-12-34(13-11-19)22-15-26(16-22)17-35(18-26)25(36)27(37,28(30,31)32)21-6-4-3-5-7-21/h3-9,14,19,22,37H,10-13,15-18H2,1-2H3. The molecule has 1 saturated carbocycles. The van der Waals surface area contributed by atoms with E-state index in [0.29, 0.717) is 21.9 Å². The van der Waals surface area contributed by atoms with Crippen LogP contribution in [0.5, 0.6) is 0 Å². The number of halogens is 4. The third-order valence-electron chi connectivity index (χ3n) is 8.58. The van der Waals surface area contributed by atoms with Gasteiger partial charge < -0.3 is 14.9 Å². The van der Waals surface area contributed by atoms with Crippen LogP contribution >= 0.6 is 11.6 Å². The van der Waals surface area contributed by atoms with Crippen molar-refractivity contribution in [1.29, 1.82) is 0 Å². The Morgan fingerprint density at radius 1 is 1.08 bits per heavy atom. The van der Waals surface area contributed by atoms with Crippen molar-refractivity contribution in [3.05, 3.63) is 64.7 Å². The summed E-state index contributed by atoms with van der Waals surface area (Å²) < 4.78 is 55.7. The summed E-state index contributed by atoms with van der Waals surface area (Å²) in [5.74, 6) is -0.931. The van der Waals surface area contributed by atoms with Crippen molar-refractivity contribution < 1.29 is 27.3 Å². The summed E-state index contributed by atoms with van der Waals surface area (Å²) in [5, 5.41) is 11.1. The van der Waals surface area contributed by atoms with Gasteiger partial charge in [0.05, 0.1) is 9.92 Å². The number of piperidine rings is 1. The number of hydrogen-bond donors (Lipinski definition) is 1. The smallest absolute Gasteiger partial charge is 0.369 e. The monoisotopic (exact) mass is 583 g/mol. The second-order valence-electron chi connectivity index (χ2n) is 11.4. The molecule has 1 amide bonds. The van der Waals surface area contributed by atoms with Crippen LogP contribution in [0.15, 0.2) is 53.4 Å². The van der Waals surface area contributed by atoms with Crippen LogP contribution < -0.4 is 0 Å². The average molecular weight is 584 g/mol. The summed E-state index contributed by atoms with van der Waals surface area (Å²) >= 11 is 6.44. The van der Waals surface area contributed by atoms with Crippen molar-refractivity contribution in [3.63, 3.8) is 0 Å². The van der Waals surface area contributed by atoms with E-state index in [1.807, 2.05) is 18.2 Å². The van der Waals surface area contributed by atoms with Crippen molar-refractivity contribution >= 4 is 28.5 Å². The van der Waals surface area contributed by atoms with E-state index in [-0.39, 0.29) is 18.5 Å². The van der Waals surface area contributed by atoms with Crippen LogP contribution in [0.25, 0.3) is 0 Å². The van der Waals surface area contributed by atoms with E-state index >= 15 is 0 Å². The number of benzene rings is 2. The van der Waals surface area contributed by atoms with Crippen LogP contribution in [-0.2, 0) is 21.4 Å². The zero-order valence-electron chi connectivity index (χ0n) is 22.0. The Morgan fingerprint density at radius 2 is 1.69 bits per heavy atom. The quantitative estimate of drug-likeness (QED) is 0.542. The predicted octanol–water partition coefficient (Wildman–Crippen LogP) is 4.54. The maximum atomic E-state index is 13.9. The Morgan fingerprint density at radius 3 is 2.23 bits per heavy atom. The second kappa shape index (κ2) is 10.4. The first-order chi connectivity index (χ1) is 18.3. The summed E-state index contributed by atoms with van der Waals surface area (Å²) in [6.07, 6.45) is -1.50. The fraction of sp³-hybridized carbons (Fsp3) is 0.536. The number of carbonyl (C=O) groups is 1. The molecule has 2 saturated heterocycles. The van der Waals surface area contributed by atoms with Gasteiger partial charge in [-0.25, -0.2) is 8.51 Å². The molecule has 0 aromatic heterocycles. The average Bonchev–Trinajstić information content (AvgIpc) is 2.86. The van der Waals surface area contributed by atoms with Gasteiger partial charge in [-0.15, -0.1) is 0 Å². The minimum absolute atomic E-state index is 0.161. The normalized spacial score (nSPS) is 22.8. The highest BCUT2D eigenvalue weighted by Crippen LogP contribution is 2.53. The zero-order chi connectivity index (χ0) is 28.2. The SMILES string of the molecule is CN(C)S(=O)c1ccc(C2CCN(C3CC4(C3)CN(C(=O)C(O)(c3ccccc3)C(F)(F)F)C4)CC2)cc1Cl. The molecule has 2 unspecified atom stereocenters. The predicted molar refractivity (Wildman–Crippen MR) is 144 cm³/mol. The second-order valence-corrected chi connectivity index (χ2v) is 13.4. The molecule has 2 aromatic carbocycles. The van der Waals surface area contributed by atoms with E-state index in [4.69, 9.17) is 11.6 Å². The van der Waals surface area contributed by atoms with Crippen LogP contribution in [0.3, 0.4) is 0 Å². The van der Waals surface area contributed by atoms with Gasteiger partial charge in [-0.05, 0) is 76.5 Å². The van der Waals surface area contributed by atoms with Gasteiger partial charge in [0.2, 0.25) is 0 Å². The molecule has 212 valence electrons. The van der Waals surface area contributed by atoms with Gasteiger partial charge >= 0.3 is 6.18 Å². The van der Waals surface area contributed by atoms with Gasteiger partial charge in [-0.3, -0.25) is 4.79 Å². The third kappa shape index (κ3) is 5.14. The molecule has 39 heavy (non-hydrogen) atoms. The van der Waals surface area contributed by atoms with E-state index in [9.17, 15) is 27.3 Å². The molecule has 1 N–H and O–H groups in total. The Hall–Kier alpha value is -1.98. The minimum Gasteiger partial charge on any atom is -0.369 e. The number of alkyl halides is 3. The fourth-order valence-electron chi connectivity index (χ4n) is 6.39. The molecule has 2 aromatic rings. The molecule has 0 radical (unpaired) electrons. The third-order valence-corrected chi connectivity index (χ3v) is 10.4. The summed E-state index contributed by atoms with van der Waals surface area (Å²) in [4.78, 5) is 17.1. The lowest BCUT2D eigenvalue weighted by molar-refractivity contribution is -0.267. The van der Waals surface area contributed by atoms with Crippen LogP contribution in [0.1, 0.15) is 42.7 Å². The molecule has 11 heteroatoms. The lowest BCUT2D eigenvalue weighted by Gasteiger charge is -2.62. The van der Waals surface area contributed by atoms with Crippen LogP contribution in [0.4, 0.5) is 13.2 Å². The number of rotatable bonds is 6. The summed E-state index contributed by atoms with van der Waals surface area (Å²) in [5.41, 5.74) is -3.01. The summed E-state index contributed by atoms with van der Waals surface area (Å²) in [7, 11) is 2.19. The van der Waals surface area contributed by atoms with Gasteiger partial charge in [0.25, 0.3) is 11.5 Å². The molecule has 5 rings (SSSR count). The Balaban J connectivity index is 1.14. The molecule has 3 fully saturated rings. The van der Waals surface area contributed by atoms with E-state index in [1.54, 1.807) is 24.5 Å². The summed E-state index contributed by atoms with van der Waals surface area (Å²) in [6.45, 7) is 2.31. The van der Waals surface area contributed by atoms with Crippen LogP contribution in [0.2, 0.25) is 5.02 Å². The molecular formula is C28H33ClF3N3O3S.